The highest BCUT2D eigenvalue weighted by Gasteiger charge is 1.84. The molecule has 0 aliphatic carbocycles. The van der Waals surface area contributed by atoms with Crippen molar-refractivity contribution in [2.24, 2.45) is 5.90 Å². The lowest BCUT2D eigenvalue weighted by atomic mass is 11.8. The Kier molecular flexibility index (Phi) is 3.37. The molecular weight excluding hydrogens is 105 g/mol. The van der Waals surface area contributed by atoms with Crippen LogP contribution in [0.3, 0.4) is 0 Å². The zero-order chi connectivity index (χ0) is 4.99. The molecule has 0 spiro atoms. The topological polar surface area (TPSA) is 61.5 Å². The Morgan fingerprint density at radius 2 is 2.33 bits per heavy atom. The summed E-state index contributed by atoms with van der Waals surface area (Å²) in [5, 5.41) is 0. The lowest BCUT2D eigenvalue weighted by molar-refractivity contribution is 0.263. The zero-order valence-electron chi connectivity index (χ0n) is 3.30. The molecule has 0 amide bonds. The van der Waals surface area contributed by atoms with Gasteiger partial charge in [-0.05, 0) is 0 Å². The van der Waals surface area contributed by atoms with Crippen LogP contribution in [0.5, 0.6) is 0 Å². The van der Waals surface area contributed by atoms with Crippen molar-refractivity contribution in [3.8, 4) is 0 Å². The Morgan fingerprint density at radius 3 is 2.33 bits per heavy atom. The van der Waals surface area contributed by atoms with Gasteiger partial charge in [-0.2, -0.15) is 0 Å². The fourth-order valence-corrected chi connectivity index (χ4v) is 0.144. The molecule has 0 aliphatic rings. The Balaban J connectivity index is 2.99. The van der Waals surface area contributed by atoms with E-state index in [1.807, 2.05) is 0 Å². The standard InChI is InChI=1S/CH6NO3P/c1-4-6(3)5-2/h6H,2H2,1H3. The maximum Gasteiger partial charge on any atom is 0.334 e. The van der Waals surface area contributed by atoms with Gasteiger partial charge in [0.2, 0.25) is 0 Å². The molecule has 1 unspecified atom stereocenters. The Labute approximate surface area is 36.1 Å². The van der Waals surface area contributed by atoms with E-state index in [0.717, 1.165) is 0 Å². The van der Waals surface area contributed by atoms with Gasteiger partial charge in [-0.15, -0.1) is 0 Å². The van der Waals surface area contributed by atoms with Crippen molar-refractivity contribution in [2.75, 3.05) is 7.11 Å². The highest BCUT2D eigenvalue weighted by atomic mass is 31.1. The van der Waals surface area contributed by atoms with Crippen molar-refractivity contribution in [2.45, 2.75) is 0 Å². The Bertz CT molecular complexity index is 48.8. The first-order chi connectivity index (χ1) is 2.81. The maximum absolute atomic E-state index is 9.80. The minimum absolute atomic E-state index is 1.26. The van der Waals surface area contributed by atoms with Gasteiger partial charge in [-0.25, -0.2) is 10.5 Å². The lowest BCUT2D eigenvalue weighted by Gasteiger charge is -1.88. The van der Waals surface area contributed by atoms with Crippen LogP contribution < -0.4 is 5.90 Å². The average molecular weight is 111 g/mol. The van der Waals surface area contributed by atoms with E-state index in [4.69, 9.17) is 0 Å². The van der Waals surface area contributed by atoms with Gasteiger partial charge in [0.05, 0.1) is 0 Å². The summed E-state index contributed by atoms with van der Waals surface area (Å²) >= 11 is 0. The van der Waals surface area contributed by atoms with Crippen molar-refractivity contribution in [3.05, 3.63) is 0 Å². The fraction of sp³-hybridized carbons (Fsp3) is 1.00. The van der Waals surface area contributed by atoms with Crippen molar-refractivity contribution >= 4 is 8.25 Å². The van der Waals surface area contributed by atoms with Crippen molar-refractivity contribution in [1.29, 1.82) is 0 Å². The second kappa shape index (κ2) is 3.31. The summed E-state index contributed by atoms with van der Waals surface area (Å²) in [4.78, 5) is 0. The molecule has 0 aliphatic heterocycles. The second-order valence-corrected chi connectivity index (χ2v) is 1.72. The molecule has 0 aromatic rings. The van der Waals surface area contributed by atoms with Gasteiger partial charge in [-0.1, -0.05) is 0 Å². The first-order valence-corrected chi connectivity index (χ1v) is 2.48. The van der Waals surface area contributed by atoms with Gasteiger partial charge < -0.3 is 4.52 Å². The van der Waals surface area contributed by atoms with Crippen LogP contribution in [-0.4, -0.2) is 7.11 Å². The quantitative estimate of drug-likeness (QED) is 0.399. The van der Waals surface area contributed by atoms with Gasteiger partial charge in [0.15, 0.2) is 0 Å². The van der Waals surface area contributed by atoms with Crippen molar-refractivity contribution in [3.63, 3.8) is 0 Å². The molecule has 0 radical (unpaired) electrons. The molecule has 0 fully saturated rings. The number of hydrogen-bond acceptors (Lipinski definition) is 4. The molecule has 4 nitrogen and oxygen atoms in total. The molecule has 2 N–H and O–H groups in total. The van der Waals surface area contributed by atoms with Crippen LogP contribution in [0, 0.1) is 0 Å². The first-order valence-electron chi connectivity index (χ1n) is 1.26. The molecule has 0 heterocycles. The number of rotatable bonds is 2. The van der Waals surface area contributed by atoms with Crippen LogP contribution in [0.1, 0.15) is 0 Å². The van der Waals surface area contributed by atoms with E-state index in [-0.39, 0.29) is 0 Å². The normalized spacial score (nSPS) is 14.3. The SMILES string of the molecule is CO[PH](=O)ON. The minimum Gasteiger partial charge on any atom is -0.313 e. The molecule has 0 saturated carbocycles. The highest BCUT2D eigenvalue weighted by Crippen LogP contribution is 2.16. The molecule has 0 aromatic heterocycles. The van der Waals surface area contributed by atoms with E-state index in [1.165, 1.54) is 7.11 Å². The van der Waals surface area contributed by atoms with E-state index in [2.05, 4.69) is 15.0 Å². The van der Waals surface area contributed by atoms with Crippen LogP contribution in [0.15, 0.2) is 0 Å². The van der Waals surface area contributed by atoms with E-state index in [0.29, 0.717) is 0 Å². The molecule has 5 heteroatoms. The third-order valence-electron chi connectivity index (χ3n) is 0.263. The van der Waals surface area contributed by atoms with Crippen molar-refractivity contribution < 1.29 is 13.7 Å². The summed E-state index contributed by atoms with van der Waals surface area (Å²) in [7, 11) is -1.08. The zero-order valence-corrected chi connectivity index (χ0v) is 4.30. The summed E-state index contributed by atoms with van der Waals surface area (Å²) in [5.74, 6) is 4.39. The Morgan fingerprint density at radius 1 is 1.83 bits per heavy atom. The average Bonchev–Trinajstić information content (AvgIpc) is 1.65. The van der Waals surface area contributed by atoms with Gasteiger partial charge in [0, 0.05) is 7.11 Å². The molecular formula is CH6NO3P. The fourth-order valence-electron chi connectivity index (χ4n) is 0.0481. The molecule has 6 heavy (non-hydrogen) atoms. The maximum atomic E-state index is 9.80. The van der Waals surface area contributed by atoms with Crippen LogP contribution in [0.25, 0.3) is 0 Å². The predicted molar refractivity (Wildman–Crippen MR) is 21.3 cm³/mol. The van der Waals surface area contributed by atoms with E-state index >= 15 is 0 Å². The summed E-state index contributed by atoms with van der Waals surface area (Å²) in [6.45, 7) is 0. The predicted octanol–water partition coefficient (Wildman–Crippen LogP) is -0.0872. The third kappa shape index (κ3) is 2.35. The van der Waals surface area contributed by atoms with Crippen LogP contribution in [0.2, 0.25) is 0 Å². The molecule has 0 bridgehead atoms. The second-order valence-electron chi connectivity index (χ2n) is 0.572. The van der Waals surface area contributed by atoms with E-state index in [1.54, 1.807) is 0 Å². The van der Waals surface area contributed by atoms with E-state index < -0.39 is 8.25 Å². The highest BCUT2D eigenvalue weighted by molar-refractivity contribution is 7.33. The Hall–Kier alpha value is 0.110. The van der Waals surface area contributed by atoms with Gasteiger partial charge in [0.25, 0.3) is 0 Å². The van der Waals surface area contributed by atoms with Crippen molar-refractivity contribution in [1.82, 2.24) is 0 Å². The molecule has 38 valence electrons. The summed E-state index contributed by atoms with van der Waals surface area (Å²) in [5.41, 5.74) is 0. The third-order valence-corrected chi connectivity index (χ3v) is 0.789. The van der Waals surface area contributed by atoms with Crippen LogP contribution in [0.4, 0.5) is 0 Å². The smallest absolute Gasteiger partial charge is 0.313 e. The van der Waals surface area contributed by atoms with Gasteiger partial charge in [-0.3, -0.25) is 4.57 Å². The first kappa shape index (κ1) is 6.11. The molecule has 1 atom stereocenters. The summed E-state index contributed by atoms with van der Waals surface area (Å²) in [6, 6.07) is 0. The van der Waals surface area contributed by atoms with Crippen LogP contribution in [-0.2, 0) is 13.7 Å². The monoisotopic (exact) mass is 111 g/mol. The number of nitrogens with two attached hydrogens (primary N) is 1. The van der Waals surface area contributed by atoms with Crippen LogP contribution >= 0.6 is 8.25 Å². The van der Waals surface area contributed by atoms with E-state index in [9.17, 15) is 4.57 Å². The molecule has 0 saturated heterocycles. The van der Waals surface area contributed by atoms with Gasteiger partial charge >= 0.3 is 8.25 Å². The van der Waals surface area contributed by atoms with Gasteiger partial charge in [0.1, 0.15) is 0 Å². The lowest BCUT2D eigenvalue weighted by Crippen LogP contribution is -1.87. The number of hydrogen-bond donors (Lipinski definition) is 1. The molecule has 0 rings (SSSR count). The minimum atomic E-state index is -2.34. The molecule has 0 aromatic carbocycles. The summed E-state index contributed by atoms with van der Waals surface area (Å²) < 4.78 is 17.6. The summed E-state index contributed by atoms with van der Waals surface area (Å²) in [6.07, 6.45) is 0. The largest absolute Gasteiger partial charge is 0.334 e.